The summed E-state index contributed by atoms with van der Waals surface area (Å²) in [7, 11) is 0. The van der Waals surface area contributed by atoms with Gasteiger partial charge in [0.25, 0.3) is 6.71 Å². The van der Waals surface area contributed by atoms with Crippen molar-refractivity contribution in [1.29, 1.82) is 0 Å². The molecule has 4 heteroatoms. The monoisotopic (exact) mass is 1170 g/mol. The summed E-state index contributed by atoms with van der Waals surface area (Å²) in [6.45, 7) is 45.1. The molecule has 0 radical (unpaired) electrons. The van der Waals surface area contributed by atoms with Crippen molar-refractivity contribution in [3.63, 3.8) is 0 Å². The zero-order valence-electron chi connectivity index (χ0n) is 57.3. The van der Waals surface area contributed by atoms with Gasteiger partial charge >= 0.3 is 0 Å². The Hall–Kier alpha value is -6.78. The van der Waals surface area contributed by atoms with Crippen LogP contribution in [0, 0.1) is 6.92 Å². The Morgan fingerprint density at radius 2 is 0.798 bits per heavy atom. The first-order chi connectivity index (χ1) is 41.9. The SMILES string of the molecule is Cc1cc2c(cc1N1c3cc4c(cc3B3c5cc6c(cc5N(c5ccc(C(C)(C)C)cc5-c5ccccc5)c5cc(N7c8ccc(-c9ccccc9)cc8C8(C)CCCCC78C)cc1c53)C(C)(C)CCC6(C)C)C(C)(C)CCC4(C)C)C(C)(C)CCC2(C)C. The van der Waals surface area contributed by atoms with E-state index in [0.717, 1.165) is 44.9 Å². The number of benzene rings is 8. The zero-order chi connectivity index (χ0) is 62.7. The van der Waals surface area contributed by atoms with Crippen molar-refractivity contribution in [3.05, 3.63) is 196 Å². The van der Waals surface area contributed by atoms with Gasteiger partial charge in [-0.2, -0.15) is 0 Å². The molecule has 15 rings (SSSR count). The van der Waals surface area contributed by atoms with Crippen molar-refractivity contribution in [2.24, 2.45) is 0 Å². The molecule has 0 bridgehead atoms. The van der Waals surface area contributed by atoms with Gasteiger partial charge in [-0.05, 0) is 241 Å². The van der Waals surface area contributed by atoms with Crippen molar-refractivity contribution < 1.29 is 0 Å². The van der Waals surface area contributed by atoms with E-state index in [-0.39, 0.29) is 55.6 Å². The van der Waals surface area contributed by atoms with Crippen LogP contribution in [0.3, 0.4) is 0 Å². The van der Waals surface area contributed by atoms with Crippen LogP contribution in [0.1, 0.15) is 232 Å². The van der Waals surface area contributed by atoms with Gasteiger partial charge in [-0.25, -0.2) is 0 Å². The average molecular weight is 1170 g/mol. The smallest absolute Gasteiger partial charge is 0.252 e. The predicted molar refractivity (Wildman–Crippen MR) is 383 cm³/mol. The van der Waals surface area contributed by atoms with E-state index in [1.165, 1.54) is 153 Å². The predicted octanol–water partition coefficient (Wildman–Crippen LogP) is 21.5. The number of nitrogens with zero attached hydrogens (tertiary/aromatic N) is 3. The average Bonchev–Trinajstić information content (AvgIpc) is 1.64. The largest absolute Gasteiger partial charge is 0.334 e. The molecule has 1 fully saturated rings. The number of hydrogen-bond donors (Lipinski definition) is 0. The van der Waals surface area contributed by atoms with E-state index >= 15 is 0 Å². The molecule has 0 saturated heterocycles. The summed E-state index contributed by atoms with van der Waals surface area (Å²) < 4.78 is 0. The number of hydrogen-bond acceptors (Lipinski definition) is 3. The number of fused-ring (bicyclic) bond motifs is 10. The van der Waals surface area contributed by atoms with E-state index in [9.17, 15) is 0 Å². The van der Waals surface area contributed by atoms with Crippen molar-refractivity contribution >= 4 is 68.6 Å². The maximum Gasteiger partial charge on any atom is 0.252 e. The summed E-state index contributed by atoms with van der Waals surface area (Å²) in [5.41, 5.74) is 32.8. The summed E-state index contributed by atoms with van der Waals surface area (Å²) in [6.07, 6.45) is 11.7. The van der Waals surface area contributed by atoms with Gasteiger partial charge in [-0.3, -0.25) is 0 Å². The normalized spacial score (nSPS) is 23.3. The number of aryl methyl sites for hydroxylation is 1. The van der Waals surface area contributed by atoms with E-state index in [4.69, 9.17) is 0 Å². The first-order valence-corrected chi connectivity index (χ1v) is 34.4. The Kier molecular flexibility index (Phi) is 12.6. The summed E-state index contributed by atoms with van der Waals surface area (Å²) >= 11 is 0. The molecule has 0 spiro atoms. The van der Waals surface area contributed by atoms with Crippen molar-refractivity contribution in [2.45, 2.75) is 238 Å². The quantitative estimate of drug-likeness (QED) is 0.159. The highest BCUT2D eigenvalue weighted by atomic mass is 15.3. The third-order valence-electron chi connectivity index (χ3n) is 25.1. The highest BCUT2D eigenvalue weighted by Gasteiger charge is 2.59. The van der Waals surface area contributed by atoms with Crippen LogP contribution in [-0.2, 0) is 43.3 Å². The first kappa shape index (κ1) is 58.6. The van der Waals surface area contributed by atoms with Gasteiger partial charge in [0.05, 0.1) is 11.2 Å². The zero-order valence-corrected chi connectivity index (χ0v) is 57.3. The molecule has 3 aliphatic heterocycles. The lowest BCUT2D eigenvalue weighted by Crippen LogP contribution is -2.62. The fraction of sp³-hybridized carbons (Fsp3) is 0.435. The van der Waals surface area contributed by atoms with Crippen LogP contribution >= 0.6 is 0 Å². The Labute approximate surface area is 535 Å². The molecule has 456 valence electrons. The Morgan fingerprint density at radius 1 is 0.360 bits per heavy atom. The second kappa shape index (κ2) is 19.1. The Morgan fingerprint density at radius 3 is 1.30 bits per heavy atom. The molecule has 2 unspecified atom stereocenters. The molecule has 0 N–H and O–H groups in total. The molecule has 0 amide bonds. The third-order valence-corrected chi connectivity index (χ3v) is 25.1. The van der Waals surface area contributed by atoms with Gasteiger partial charge < -0.3 is 14.7 Å². The molecule has 7 aliphatic rings. The van der Waals surface area contributed by atoms with E-state index in [1.807, 2.05) is 0 Å². The molecule has 8 aromatic rings. The van der Waals surface area contributed by atoms with Gasteiger partial charge in [-0.15, -0.1) is 0 Å². The van der Waals surface area contributed by atoms with Crippen LogP contribution in [0.25, 0.3) is 22.3 Å². The maximum absolute atomic E-state index is 2.90. The fourth-order valence-electron chi connectivity index (χ4n) is 18.7. The van der Waals surface area contributed by atoms with E-state index in [0.29, 0.717) is 0 Å². The molecule has 3 nitrogen and oxygen atoms in total. The van der Waals surface area contributed by atoms with Crippen molar-refractivity contribution in [2.75, 3.05) is 14.7 Å². The van der Waals surface area contributed by atoms with Crippen LogP contribution in [0.5, 0.6) is 0 Å². The molecule has 0 aromatic heterocycles. The standard InChI is InChI=1S/C85H98BN3/c1-53-43-60-63(81(11,12)40-37-78(60,5)6)50-71(53)88-73-52-65-62(80(9,10)39-42-83(65,15)16)49-68(73)86-67-48-61-64(82(13,14)41-38-79(61,7)8)51-72(67)87(69-34-32-57(77(2,3)4)45-59(69)55-29-23-20-24-30-55)74-46-58(47-75(88)76(74)86)89-70-33-31-56(54-27-21-19-22-28-54)44-66(70)84(17)35-25-26-36-85(84,89)18/h19-24,27-34,43-52H,25-26,35-42H2,1-18H3. The Bertz CT molecular complexity index is 4260. The van der Waals surface area contributed by atoms with Crippen molar-refractivity contribution in [3.8, 4) is 22.3 Å². The summed E-state index contributed by atoms with van der Waals surface area (Å²) in [6, 6.07) is 59.4. The minimum absolute atomic E-state index is 0.000924. The van der Waals surface area contributed by atoms with Gasteiger partial charge in [0.2, 0.25) is 0 Å². The lowest BCUT2D eigenvalue weighted by atomic mass is 9.32. The maximum atomic E-state index is 2.90. The van der Waals surface area contributed by atoms with Crippen LogP contribution in [0.15, 0.2) is 146 Å². The van der Waals surface area contributed by atoms with E-state index < -0.39 is 0 Å². The highest BCUT2D eigenvalue weighted by Crippen LogP contribution is 2.63. The second-order valence-corrected chi connectivity index (χ2v) is 34.5. The number of rotatable bonds is 5. The topological polar surface area (TPSA) is 9.72 Å². The fourth-order valence-corrected chi connectivity index (χ4v) is 18.7. The first-order valence-electron chi connectivity index (χ1n) is 34.4. The minimum Gasteiger partial charge on any atom is -0.334 e. The van der Waals surface area contributed by atoms with Crippen LogP contribution < -0.4 is 31.1 Å². The lowest BCUT2D eigenvalue weighted by Gasteiger charge is -2.52. The van der Waals surface area contributed by atoms with Crippen LogP contribution in [0.4, 0.5) is 45.5 Å². The molecule has 3 heterocycles. The van der Waals surface area contributed by atoms with Gasteiger partial charge in [-0.1, -0.05) is 215 Å². The molecule has 1 saturated carbocycles. The second-order valence-electron chi connectivity index (χ2n) is 34.5. The van der Waals surface area contributed by atoms with Gasteiger partial charge in [0.15, 0.2) is 0 Å². The highest BCUT2D eigenvalue weighted by molar-refractivity contribution is 7.00. The summed E-state index contributed by atoms with van der Waals surface area (Å²) in [4.78, 5) is 8.57. The van der Waals surface area contributed by atoms with Crippen LogP contribution in [0.2, 0.25) is 0 Å². The summed E-state index contributed by atoms with van der Waals surface area (Å²) in [5, 5.41) is 0. The minimum atomic E-state index is -0.206. The van der Waals surface area contributed by atoms with Gasteiger partial charge in [0, 0.05) is 50.8 Å². The van der Waals surface area contributed by atoms with E-state index in [1.54, 1.807) is 0 Å². The molecule has 4 aliphatic carbocycles. The van der Waals surface area contributed by atoms with Crippen molar-refractivity contribution in [1.82, 2.24) is 0 Å². The molecular formula is C85H98BN3. The van der Waals surface area contributed by atoms with Gasteiger partial charge in [0.1, 0.15) is 0 Å². The number of anilines is 8. The lowest BCUT2D eigenvalue weighted by molar-refractivity contribution is 0.195. The summed E-state index contributed by atoms with van der Waals surface area (Å²) in [5.74, 6) is 0. The molecular weight excluding hydrogens is 1070 g/mol. The Balaban J connectivity index is 1.13. The molecule has 89 heavy (non-hydrogen) atoms. The third kappa shape index (κ3) is 8.55. The molecule has 2 atom stereocenters. The molecule has 8 aromatic carbocycles. The van der Waals surface area contributed by atoms with E-state index in [2.05, 4.69) is 285 Å². The van der Waals surface area contributed by atoms with Crippen LogP contribution in [-0.4, -0.2) is 12.3 Å².